The van der Waals surface area contributed by atoms with Crippen molar-refractivity contribution in [1.82, 2.24) is 8.52 Å². The van der Waals surface area contributed by atoms with Crippen LogP contribution in [0.2, 0.25) is 0 Å². The minimum atomic E-state index is -0.353. The van der Waals surface area contributed by atoms with Crippen LogP contribution in [0.15, 0.2) is 33.9 Å². The fourth-order valence-electron chi connectivity index (χ4n) is 1.53. The van der Waals surface area contributed by atoms with E-state index < -0.39 is 0 Å². The number of ether oxygens (including phenoxy) is 1. The fraction of sp³-hybridized carbons (Fsp3) is 0.333. The normalized spacial score (nSPS) is 10.1. The first-order valence-electron chi connectivity index (χ1n) is 5.86. The fourth-order valence-corrected chi connectivity index (χ4v) is 2.31. The number of aromatic nitrogens is 2. The minimum absolute atomic E-state index is 0. The van der Waals surface area contributed by atoms with Crippen molar-refractivity contribution in [1.29, 1.82) is 0 Å². The molecule has 0 aliphatic carbocycles. The van der Waals surface area contributed by atoms with E-state index in [1.807, 2.05) is 0 Å². The zero-order chi connectivity index (χ0) is 13.8. The van der Waals surface area contributed by atoms with E-state index in [-0.39, 0.29) is 23.0 Å². The number of benzene rings is 1. The van der Waals surface area contributed by atoms with E-state index in [4.69, 9.17) is 10.5 Å². The van der Waals surface area contributed by atoms with Crippen LogP contribution >= 0.6 is 23.9 Å². The first-order chi connectivity index (χ1) is 9.13. The second-order valence-electron chi connectivity index (χ2n) is 3.98. The third-order valence-corrected chi connectivity index (χ3v) is 3.55. The van der Waals surface area contributed by atoms with Gasteiger partial charge in [0.2, 0.25) is 0 Å². The summed E-state index contributed by atoms with van der Waals surface area (Å²) in [6, 6.07) is 7.07. The van der Waals surface area contributed by atoms with Gasteiger partial charge in [-0.3, -0.25) is 9.36 Å². The van der Waals surface area contributed by atoms with Crippen molar-refractivity contribution in [2.45, 2.75) is 6.42 Å². The van der Waals surface area contributed by atoms with Crippen molar-refractivity contribution < 1.29 is 4.74 Å². The van der Waals surface area contributed by atoms with Gasteiger partial charge in [0.1, 0.15) is 5.75 Å². The Kier molecular flexibility index (Phi) is 6.00. The van der Waals surface area contributed by atoms with E-state index >= 15 is 0 Å². The van der Waals surface area contributed by atoms with Gasteiger partial charge in [0.15, 0.2) is 0 Å². The van der Waals surface area contributed by atoms with E-state index in [9.17, 15) is 9.59 Å². The van der Waals surface area contributed by atoms with Gasteiger partial charge < -0.3 is 10.5 Å². The number of hydrogen-bond donors (Lipinski definition) is 1. The summed E-state index contributed by atoms with van der Waals surface area (Å²) < 4.78 is 7.93. The van der Waals surface area contributed by atoms with Gasteiger partial charge in [-0.05, 0) is 25.1 Å². The number of hydrogen-bond acceptors (Lipinski definition) is 5. The van der Waals surface area contributed by atoms with Gasteiger partial charge in [0.05, 0.1) is 12.3 Å². The molecule has 0 saturated carbocycles. The van der Waals surface area contributed by atoms with Crippen LogP contribution < -0.4 is 21.0 Å². The van der Waals surface area contributed by atoms with Gasteiger partial charge in [-0.25, -0.2) is 8.75 Å². The molecule has 2 N–H and O–H groups in total. The van der Waals surface area contributed by atoms with E-state index in [1.54, 1.807) is 24.3 Å². The van der Waals surface area contributed by atoms with Crippen LogP contribution in [-0.4, -0.2) is 21.7 Å². The smallest absolute Gasteiger partial charge is 0.345 e. The Morgan fingerprint density at radius 3 is 2.70 bits per heavy atom. The van der Waals surface area contributed by atoms with E-state index in [2.05, 4.69) is 0 Å². The minimum Gasteiger partial charge on any atom is -0.493 e. The molecule has 1 heterocycles. The molecular weight excluding hydrogens is 302 g/mol. The summed E-state index contributed by atoms with van der Waals surface area (Å²) in [6.45, 7) is 1.10. The Morgan fingerprint density at radius 1 is 1.35 bits per heavy atom. The predicted molar refractivity (Wildman–Crippen MR) is 81.6 cm³/mol. The van der Waals surface area contributed by atoms with Crippen LogP contribution in [0.3, 0.4) is 0 Å². The maximum Gasteiger partial charge on any atom is 0.345 e. The molecule has 0 unspecified atom stereocenters. The summed E-state index contributed by atoms with van der Waals surface area (Å²) in [5, 5.41) is 0. The van der Waals surface area contributed by atoms with Crippen LogP contribution in [-0.2, 0) is 7.05 Å². The molecular formula is C12H16ClN3O3S. The van der Waals surface area contributed by atoms with Crippen LogP contribution in [0.1, 0.15) is 6.42 Å². The molecule has 1 aromatic carbocycles. The summed E-state index contributed by atoms with van der Waals surface area (Å²) in [5.74, 6) is 0.654. The molecule has 0 bridgehead atoms. The zero-order valence-electron chi connectivity index (χ0n) is 10.9. The molecule has 20 heavy (non-hydrogen) atoms. The largest absolute Gasteiger partial charge is 0.493 e. The van der Waals surface area contributed by atoms with Crippen LogP contribution in [0.5, 0.6) is 5.75 Å². The lowest BCUT2D eigenvalue weighted by Gasteiger charge is -2.06. The average Bonchev–Trinajstić information content (AvgIpc) is 2.67. The van der Waals surface area contributed by atoms with E-state index in [0.29, 0.717) is 24.6 Å². The molecule has 6 nitrogen and oxygen atoms in total. The summed E-state index contributed by atoms with van der Waals surface area (Å²) in [5.41, 5.74) is 5.66. The molecule has 0 spiro atoms. The van der Waals surface area contributed by atoms with Crippen LogP contribution in [0.4, 0.5) is 0 Å². The van der Waals surface area contributed by atoms with Gasteiger partial charge in [0.25, 0.3) is 0 Å². The monoisotopic (exact) mass is 317 g/mol. The third-order valence-electron chi connectivity index (χ3n) is 2.57. The van der Waals surface area contributed by atoms with E-state index in [0.717, 1.165) is 22.5 Å². The highest BCUT2D eigenvalue weighted by atomic mass is 35.5. The average molecular weight is 318 g/mol. The van der Waals surface area contributed by atoms with Gasteiger partial charge >= 0.3 is 10.6 Å². The van der Waals surface area contributed by atoms with Gasteiger partial charge in [-0.15, -0.1) is 12.4 Å². The van der Waals surface area contributed by atoms with Gasteiger partial charge in [-0.2, -0.15) is 0 Å². The number of nitrogens with zero attached hydrogens (tertiary/aromatic N) is 2. The SMILES string of the molecule is Cl.Cn1c(=O)sn(-c2cccc(OCCCN)c2)c1=O. The van der Waals surface area contributed by atoms with Gasteiger partial charge in [-0.1, -0.05) is 6.07 Å². The summed E-state index contributed by atoms with van der Waals surface area (Å²) >= 11 is 0.867. The zero-order valence-corrected chi connectivity index (χ0v) is 12.6. The third kappa shape index (κ3) is 3.50. The highest BCUT2D eigenvalue weighted by Crippen LogP contribution is 2.16. The Hall–Kier alpha value is -1.57. The van der Waals surface area contributed by atoms with Gasteiger partial charge in [0, 0.05) is 24.6 Å². The lowest BCUT2D eigenvalue weighted by Crippen LogP contribution is -2.25. The van der Waals surface area contributed by atoms with Crippen molar-refractivity contribution in [2.24, 2.45) is 12.8 Å². The number of nitrogens with two attached hydrogens (primary N) is 1. The maximum absolute atomic E-state index is 11.8. The molecule has 2 rings (SSSR count). The van der Waals surface area contributed by atoms with Crippen molar-refractivity contribution in [3.63, 3.8) is 0 Å². The van der Waals surface area contributed by atoms with Crippen molar-refractivity contribution in [3.8, 4) is 11.4 Å². The molecule has 0 amide bonds. The molecule has 0 aliphatic rings. The molecule has 0 fully saturated rings. The number of halogens is 1. The second-order valence-corrected chi connectivity index (χ2v) is 4.88. The Bertz CT molecular complexity index is 677. The topological polar surface area (TPSA) is 79.2 Å². The molecule has 8 heteroatoms. The Labute approximate surface area is 126 Å². The van der Waals surface area contributed by atoms with Crippen LogP contribution in [0, 0.1) is 0 Å². The maximum atomic E-state index is 11.8. The first kappa shape index (κ1) is 16.5. The molecule has 0 saturated heterocycles. The van der Waals surface area contributed by atoms with Crippen molar-refractivity contribution in [2.75, 3.05) is 13.2 Å². The molecule has 0 radical (unpaired) electrons. The standard InChI is InChI=1S/C12H15N3O3S.ClH/c1-14-11(16)15(19-12(14)17)9-4-2-5-10(8-9)18-7-3-6-13;/h2,4-5,8H,3,6-7,13H2,1H3;1H. The summed E-state index contributed by atoms with van der Waals surface area (Å²) in [4.78, 5) is 23.0. The van der Waals surface area contributed by atoms with Crippen LogP contribution in [0.25, 0.3) is 5.69 Å². The molecule has 110 valence electrons. The molecule has 1 aromatic heterocycles. The second kappa shape index (κ2) is 7.28. The molecule has 0 atom stereocenters. The highest BCUT2D eigenvalue weighted by molar-refractivity contribution is 7.03. The first-order valence-corrected chi connectivity index (χ1v) is 6.63. The summed E-state index contributed by atoms with van der Waals surface area (Å²) in [6.07, 6.45) is 0.767. The van der Waals surface area contributed by atoms with Crippen molar-refractivity contribution in [3.05, 3.63) is 44.4 Å². The summed E-state index contributed by atoms with van der Waals surface area (Å²) in [7, 11) is 1.46. The quantitative estimate of drug-likeness (QED) is 0.825. The lowest BCUT2D eigenvalue weighted by atomic mass is 10.3. The Morgan fingerprint density at radius 2 is 2.10 bits per heavy atom. The molecule has 2 aromatic rings. The van der Waals surface area contributed by atoms with E-state index in [1.165, 1.54) is 11.0 Å². The highest BCUT2D eigenvalue weighted by Gasteiger charge is 2.08. The predicted octanol–water partition coefficient (Wildman–Crippen LogP) is 0.747. The number of rotatable bonds is 5. The van der Waals surface area contributed by atoms with Crippen molar-refractivity contribution >= 4 is 23.9 Å². The Balaban J connectivity index is 0.00000200. The lowest BCUT2D eigenvalue weighted by molar-refractivity contribution is 0.313. The molecule has 0 aliphatic heterocycles.